The quantitative estimate of drug-likeness (QED) is 0.440. The van der Waals surface area contributed by atoms with Crippen LogP contribution in [0.1, 0.15) is 12.8 Å². The Morgan fingerprint density at radius 3 is 2.75 bits per heavy atom. The zero-order valence-electron chi connectivity index (χ0n) is 4.80. The highest BCUT2D eigenvalue weighted by Crippen LogP contribution is 2.61. The molecule has 8 heavy (non-hydrogen) atoms. The molecule has 0 heteroatoms. The summed E-state index contributed by atoms with van der Waals surface area (Å²) in [6.07, 6.45) is 7.79. The first-order valence-electron chi connectivity index (χ1n) is 3.50. The highest BCUT2D eigenvalue weighted by Gasteiger charge is 2.51. The zero-order chi connectivity index (χ0) is 5.14. The molecule has 41 valence electrons. The van der Waals surface area contributed by atoms with Gasteiger partial charge in [-0.1, -0.05) is 11.6 Å². The predicted molar refractivity (Wildman–Crippen MR) is 32.1 cm³/mol. The van der Waals surface area contributed by atoms with Gasteiger partial charge < -0.3 is 0 Å². The van der Waals surface area contributed by atoms with E-state index in [4.69, 9.17) is 0 Å². The molecular weight excluding hydrogens is 96.1 g/mol. The lowest BCUT2D eigenvalue weighted by molar-refractivity contribution is 0.437. The van der Waals surface area contributed by atoms with E-state index in [0.29, 0.717) is 0 Å². The third kappa shape index (κ3) is 0.211. The fourth-order valence-electron chi connectivity index (χ4n) is 2.58. The van der Waals surface area contributed by atoms with Crippen molar-refractivity contribution in [1.29, 1.82) is 0 Å². The summed E-state index contributed by atoms with van der Waals surface area (Å²) in [7, 11) is 0. The smallest absolute Gasteiger partial charge is 0.0130 e. The highest BCUT2D eigenvalue weighted by atomic mass is 14.6. The van der Waals surface area contributed by atoms with E-state index in [1.807, 2.05) is 0 Å². The summed E-state index contributed by atoms with van der Waals surface area (Å²) in [4.78, 5) is 0. The van der Waals surface area contributed by atoms with Crippen LogP contribution in [0.2, 0.25) is 0 Å². The van der Waals surface area contributed by atoms with Gasteiger partial charge in [-0.15, -0.1) is 0 Å². The lowest BCUT2D eigenvalue weighted by Gasteiger charge is -2.25. The number of hydrogen-bond acceptors (Lipinski definition) is 0. The molecule has 4 aliphatic carbocycles. The average Bonchev–Trinajstić information content (AvgIpc) is 2.25. The first-order valence-corrected chi connectivity index (χ1v) is 3.50. The van der Waals surface area contributed by atoms with E-state index < -0.39 is 0 Å². The predicted octanol–water partition coefficient (Wildman–Crippen LogP) is 1.79. The summed E-state index contributed by atoms with van der Waals surface area (Å²) in [5, 5.41) is 0. The Bertz CT molecular complexity index is 167. The molecule has 0 aliphatic heterocycles. The molecule has 3 atom stereocenters. The molecule has 3 fully saturated rings. The van der Waals surface area contributed by atoms with Gasteiger partial charge in [0.05, 0.1) is 0 Å². The van der Waals surface area contributed by atoms with Gasteiger partial charge in [-0.3, -0.25) is 0 Å². The fourth-order valence-corrected chi connectivity index (χ4v) is 2.58. The molecule has 0 aromatic heterocycles. The first kappa shape index (κ1) is 3.71. The van der Waals surface area contributed by atoms with E-state index in [-0.39, 0.29) is 0 Å². The molecule has 0 heterocycles. The van der Waals surface area contributed by atoms with Crippen LogP contribution in [0.4, 0.5) is 0 Å². The molecule has 1 radical (unpaired) electrons. The maximum atomic E-state index is 2.41. The normalized spacial score (nSPS) is 56.0. The van der Waals surface area contributed by atoms with Crippen LogP contribution in [-0.4, -0.2) is 0 Å². The van der Waals surface area contributed by atoms with Crippen molar-refractivity contribution in [3.05, 3.63) is 18.1 Å². The Kier molecular flexibility index (Phi) is 0.415. The summed E-state index contributed by atoms with van der Waals surface area (Å²) in [5.41, 5.74) is 1.79. The fraction of sp³-hybridized carbons (Fsp3) is 0.625. The van der Waals surface area contributed by atoms with E-state index in [2.05, 4.69) is 12.5 Å². The van der Waals surface area contributed by atoms with Crippen LogP contribution in [0.3, 0.4) is 0 Å². The van der Waals surface area contributed by atoms with Crippen molar-refractivity contribution in [3.8, 4) is 0 Å². The second-order valence-electron chi connectivity index (χ2n) is 3.30. The molecule has 3 unspecified atom stereocenters. The van der Waals surface area contributed by atoms with Gasteiger partial charge in [0, 0.05) is 0 Å². The highest BCUT2D eigenvalue weighted by molar-refractivity contribution is 5.37. The third-order valence-electron chi connectivity index (χ3n) is 3.05. The van der Waals surface area contributed by atoms with E-state index >= 15 is 0 Å². The molecule has 0 nitrogen and oxygen atoms in total. The number of allylic oxidation sites excluding steroid dienone is 2. The SMILES string of the molecule is [CH]1C=C2C3CC1C2C3. The lowest BCUT2D eigenvalue weighted by Crippen LogP contribution is -2.14. The Morgan fingerprint density at radius 2 is 2.38 bits per heavy atom. The molecule has 0 N–H and O–H groups in total. The van der Waals surface area contributed by atoms with Crippen molar-refractivity contribution in [2.45, 2.75) is 12.8 Å². The molecule has 4 rings (SSSR count). The molecule has 0 aromatic carbocycles. The number of hydrogen-bond donors (Lipinski definition) is 0. The standard InChI is InChI=1S/C8H9/c1-2-7-6-3-5(1)8(7)4-6/h1-2,5-6,8H,3-4H2. The largest absolute Gasteiger partial charge is 0.0807 e. The Labute approximate surface area is 49.6 Å². The van der Waals surface area contributed by atoms with Gasteiger partial charge >= 0.3 is 0 Å². The second kappa shape index (κ2) is 0.896. The van der Waals surface area contributed by atoms with E-state index in [9.17, 15) is 0 Å². The summed E-state index contributed by atoms with van der Waals surface area (Å²) >= 11 is 0. The average molecular weight is 105 g/mol. The third-order valence-corrected chi connectivity index (χ3v) is 3.05. The summed E-state index contributed by atoms with van der Waals surface area (Å²) in [6, 6.07) is 0. The van der Waals surface area contributed by atoms with E-state index in [1.54, 1.807) is 5.57 Å². The Morgan fingerprint density at radius 1 is 1.38 bits per heavy atom. The Hall–Kier alpha value is -0.260. The summed E-state index contributed by atoms with van der Waals surface area (Å²) in [5.74, 6) is 3.09. The van der Waals surface area contributed by atoms with Gasteiger partial charge in [-0.05, 0) is 37.0 Å². The first-order chi connectivity index (χ1) is 3.95. The molecule has 4 aliphatic rings. The van der Waals surface area contributed by atoms with Crippen LogP contribution in [0.15, 0.2) is 11.6 Å². The van der Waals surface area contributed by atoms with Crippen molar-refractivity contribution in [2.24, 2.45) is 17.8 Å². The zero-order valence-corrected chi connectivity index (χ0v) is 4.80. The van der Waals surface area contributed by atoms with Crippen LogP contribution in [0.25, 0.3) is 0 Å². The van der Waals surface area contributed by atoms with Gasteiger partial charge in [-0.25, -0.2) is 0 Å². The molecule has 0 saturated heterocycles. The van der Waals surface area contributed by atoms with Crippen LogP contribution in [0.5, 0.6) is 0 Å². The summed E-state index contributed by atoms with van der Waals surface area (Å²) < 4.78 is 0. The van der Waals surface area contributed by atoms with Crippen molar-refractivity contribution in [2.75, 3.05) is 0 Å². The topological polar surface area (TPSA) is 0 Å². The summed E-state index contributed by atoms with van der Waals surface area (Å²) in [6.45, 7) is 0. The molecule has 0 amide bonds. The van der Waals surface area contributed by atoms with Gasteiger partial charge in [0.15, 0.2) is 0 Å². The number of rotatable bonds is 0. The van der Waals surface area contributed by atoms with Crippen LogP contribution >= 0.6 is 0 Å². The van der Waals surface area contributed by atoms with Crippen LogP contribution in [-0.2, 0) is 0 Å². The van der Waals surface area contributed by atoms with Gasteiger partial charge in [0.1, 0.15) is 0 Å². The van der Waals surface area contributed by atoms with Crippen molar-refractivity contribution >= 4 is 0 Å². The molecule has 4 bridgehead atoms. The minimum atomic E-state index is 0.995. The molecule has 3 saturated carbocycles. The Balaban J connectivity index is 2.20. The minimum Gasteiger partial charge on any atom is -0.0807 e. The molecule has 0 spiro atoms. The van der Waals surface area contributed by atoms with Gasteiger partial charge in [-0.2, -0.15) is 0 Å². The molecular formula is C8H9. The van der Waals surface area contributed by atoms with Crippen molar-refractivity contribution < 1.29 is 0 Å². The van der Waals surface area contributed by atoms with E-state index in [1.165, 1.54) is 12.8 Å². The minimum absolute atomic E-state index is 0.995. The lowest BCUT2D eigenvalue weighted by atomic mass is 9.80. The molecule has 0 aromatic rings. The van der Waals surface area contributed by atoms with Crippen LogP contribution < -0.4 is 0 Å². The van der Waals surface area contributed by atoms with Gasteiger partial charge in [0.2, 0.25) is 0 Å². The van der Waals surface area contributed by atoms with Gasteiger partial charge in [0.25, 0.3) is 0 Å². The van der Waals surface area contributed by atoms with Crippen LogP contribution in [0, 0.1) is 24.2 Å². The second-order valence-corrected chi connectivity index (χ2v) is 3.30. The van der Waals surface area contributed by atoms with Crippen molar-refractivity contribution in [1.82, 2.24) is 0 Å². The monoisotopic (exact) mass is 105 g/mol. The van der Waals surface area contributed by atoms with E-state index in [0.717, 1.165) is 17.8 Å². The maximum absolute atomic E-state index is 2.41. The van der Waals surface area contributed by atoms with Crippen molar-refractivity contribution in [3.63, 3.8) is 0 Å². The maximum Gasteiger partial charge on any atom is -0.0130 e.